The average Bonchev–Trinajstić information content (AvgIpc) is 2.73. The normalized spacial score (nSPS) is 10.3. The molecule has 0 saturated heterocycles. The molecule has 0 atom stereocenters. The predicted octanol–water partition coefficient (Wildman–Crippen LogP) is 2.36. The Morgan fingerprint density at radius 1 is 1.14 bits per heavy atom. The summed E-state index contributed by atoms with van der Waals surface area (Å²) in [6, 6.07) is 10.5. The molecule has 0 spiro atoms. The van der Waals surface area contributed by atoms with E-state index in [0.717, 1.165) is 0 Å². The smallest absolute Gasteiger partial charge is 0.344 e. The molecule has 0 aliphatic rings. The van der Waals surface area contributed by atoms with Crippen molar-refractivity contribution in [3.8, 4) is 11.6 Å². The predicted molar refractivity (Wildman–Crippen MR) is 105 cm³/mol. The summed E-state index contributed by atoms with van der Waals surface area (Å²) in [6.07, 6.45) is 1.53. The van der Waals surface area contributed by atoms with E-state index < -0.39 is 5.97 Å². The lowest BCUT2D eigenvalue weighted by Crippen LogP contribution is -2.12. The molecular formula is C19H20N6O4. The number of nitrogen functional groups attached to an aromatic ring is 1. The zero-order valence-electron chi connectivity index (χ0n) is 16.0. The summed E-state index contributed by atoms with van der Waals surface area (Å²) >= 11 is 0. The Balaban J connectivity index is 1.73. The first-order chi connectivity index (χ1) is 14.1. The van der Waals surface area contributed by atoms with E-state index in [9.17, 15) is 4.79 Å². The third-order valence-electron chi connectivity index (χ3n) is 3.66. The molecule has 0 aliphatic heterocycles. The Kier molecular flexibility index (Phi) is 6.36. The van der Waals surface area contributed by atoms with Crippen molar-refractivity contribution in [1.29, 1.82) is 0 Å². The van der Waals surface area contributed by atoms with Gasteiger partial charge in [0.25, 0.3) is 0 Å². The number of esters is 1. The number of nitrogens with two attached hydrogens (primary N) is 1. The van der Waals surface area contributed by atoms with Crippen LogP contribution in [0.5, 0.6) is 11.6 Å². The molecule has 0 saturated carbocycles. The quantitative estimate of drug-likeness (QED) is 0.546. The maximum absolute atomic E-state index is 12.4. The molecule has 0 aliphatic carbocycles. The van der Waals surface area contributed by atoms with Gasteiger partial charge in [0.15, 0.2) is 12.4 Å². The van der Waals surface area contributed by atoms with Gasteiger partial charge in [-0.05, 0) is 31.2 Å². The van der Waals surface area contributed by atoms with Crippen LogP contribution in [0, 0.1) is 0 Å². The number of aromatic nitrogens is 4. The van der Waals surface area contributed by atoms with Crippen molar-refractivity contribution in [3.05, 3.63) is 54.0 Å². The van der Waals surface area contributed by atoms with Crippen LogP contribution in [0.1, 0.15) is 23.1 Å². The van der Waals surface area contributed by atoms with Crippen molar-refractivity contribution in [1.82, 2.24) is 19.9 Å². The molecule has 150 valence electrons. The van der Waals surface area contributed by atoms with Crippen molar-refractivity contribution in [2.24, 2.45) is 0 Å². The van der Waals surface area contributed by atoms with Crippen molar-refractivity contribution in [2.75, 3.05) is 24.8 Å². The minimum Gasteiger partial charge on any atom is -0.495 e. The fourth-order valence-corrected chi connectivity index (χ4v) is 2.43. The van der Waals surface area contributed by atoms with E-state index in [-0.39, 0.29) is 35.8 Å². The van der Waals surface area contributed by atoms with Crippen LogP contribution in [0.25, 0.3) is 0 Å². The zero-order valence-corrected chi connectivity index (χ0v) is 16.0. The Morgan fingerprint density at radius 2 is 1.97 bits per heavy atom. The van der Waals surface area contributed by atoms with Gasteiger partial charge in [0.1, 0.15) is 11.3 Å². The van der Waals surface area contributed by atoms with Crippen molar-refractivity contribution < 1.29 is 19.0 Å². The van der Waals surface area contributed by atoms with Gasteiger partial charge in [-0.2, -0.15) is 15.0 Å². The largest absolute Gasteiger partial charge is 0.495 e. The number of nitrogens with zero attached hydrogens (tertiary/aromatic N) is 4. The van der Waals surface area contributed by atoms with Crippen molar-refractivity contribution >= 4 is 23.6 Å². The standard InChI is InChI=1S/C19H20N6O4/c1-3-28-16-12(7-6-10-21-16)17(26)29-11-15-23-18(20)25-19(24-15)22-13-8-4-5-9-14(13)27-2/h4-10H,3,11H2,1-2H3,(H3,20,22,23,24,25). The summed E-state index contributed by atoms with van der Waals surface area (Å²) < 4.78 is 15.9. The molecule has 0 amide bonds. The Bertz CT molecular complexity index is 998. The first-order valence-corrected chi connectivity index (χ1v) is 8.76. The number of rotatable bonds is 8. The monoisotopic (exact) mass is 396 g/mol. The van der Waals surface area contributed by atoms with Gasteiger partial charge < -0.3 is 25.3 Å². The van der Waals surface area contributed by atoms with Gasteiger partial charge in [-0.1, -0.05) is 12.1 Å². The minimum absolute atomic E-state index is 0.0140. The number of hydrogen-bond acceptors (Lipinski definition) is 10. The summed E-state index contributed by atoms with van der Waals surface area (Å²) in [5.74, 6) is 0.572. The molecule has 0 bridgehead atoms. The number of para-hydroxylation sites is 2. The third kappa shape index (κ3) is 5.06. The van der Waals surface area contributed by atoms with Crippen LogP contribution in [0.2, 0.25) is 0 Å². The van der Waals surface area contributed by atoms with Gasteiger partial charge in [-0.15, -0.1) is 0 Å². The highest BCUT2D eigenvalue weighted by atomic mass is 16.5. The molecule has 0 unspecified atom stereocenters. The number of ether oxygens (including phenoxy) is 3. The molecule has 3 N–H and O–H groups in total. The fraction of sp³-hybridized carbons (Fsp3) is 0.211. The SMILES string of the molecule is CCOc1ncccc1C(=O)OCc1nc(N)nc(Nc2ccccc2OC)n1. The zero-order chi connectivity index (χ0) is 20.6. The van der Waals surface area contributed by atoms with E-state index in [4.69, 9.17) is 19.9 Å². The van der Waals surface area contributed by atoms with Gasteiger partial charge in [0.2, 0.25) is 17.8 Å². The topological polar surface area (TPSA) is 134 Å². The van der Waals surface area contributed by atoms with Crippen LogP contribution in [-0.2, 0) is 11.3 Å². The highest BCUT2D eigenvalue weighted by Crippen LogP contribution is 2.25. The van der Waals surface area contributed by atoms with Crippen LogP contribution in [0.3, 0.4) is 0 Å². The van der Waals surface area contributed by atoms with E-state index in [1.807, 2.05) is 12.1 Å². The molecule has 0 radical (unpaired) electrons. The van der Waals surface area contributed by atoms with E-state index in [0.29, 0.717) is 18.0 Å². The van der Waals surface area contributed by atoms with Gasteiger partial charge >= 0.3 is 5.97 Å². The van der Waals surface area contributed by atoms with Crippen LogP contribution in [-0.4, -0.2) is 39.6 Å². The van der Waals surface area contributed by atoms with E-state index in [1.165, 1.54) is 6.20 Å². The molecular weight excluding hydrogens is 376 g/mol. The minimum atomic E-state index is -0.611. The second kappa shape index (κ2) is 9.31. The highest BCUT2D eigenvalue weighted by molar-refractivity contribution is 5.91. The fourth-order valence-electron chi connectivity index (χ4n) is 2.43. The molecule has 2 heterocycles. The Hall–Kier alpha value is -3.95. The first-order valence-electron chi connectivity index (χ1n) is 8.76. The summed E-state index contributed by atoms with van der Waals surface area (Å²) in [4.78, 5) is 28.7. The van der Waals surface area contributed by atoms with E-state index in [2.05, 4.69) is 25.3 Å². The molecule has 1 aromatic carbocycles. The average molecular weight is 396 g/mol. The van der Waals surface area contributed by atoms with Gasteiger partial charge in [0, 0.05) is 6.20 Å². The summed E-state index contributed by atoms with van der Waals surface area (Å²) in [7, 11) is 1.56. The maximum atomic E-state index is 12.4. The number of nitrogens with one attached hydrogen (secondary N) is 1. The molecule has 10 nitrogen and oxygen atoms in total. The molecule has 0 fully saturated rings. The number of pyridine rings is 1. The maximum Gasteiger partial charge on any atom is 0.344 e. The van der Waals surface area contributed by atoms with Gasteiger partial charge in [-0.25, -0.2) is 9.78 Å². The second-order valence-corrected chi connectivity index (χ2v) is 5.62. The van der Waals surface area contributed by atoms with Crippen LogP contribution >= 0.6 is 0 Å². The third-order valence-corrected chi connectivity index (χ3v) is 3.66. The number of benzene rings is 1. The summed E-state index contributed by atoms with van der Waals surface area (Å²) in [5, 5.41) is 3.01. The molecule has 2 aromatic heterocycles. The number of carbonyl (C=O) groups excluding carboxylic acids is 1. The summed E-state index contributed by atoms with van der Waals surface area (Å²) in [5.41, 5.74) is 6.63. The number of carbonyl (C=O) groups is 1. The molecule has 3 rings (SSSR count). The van der Waals surface area contributed by atoms with Crippen molar-refractivity contribution in [2.45, 2.75) is 13.5 Å². The molecule has 3 aromatic rings. The number of methoxy groups -OCH3 is 1. The lowest BCUT2D eigenvalue weighted by atomic mass is 10.3. The van der Waals surface area contributed by atoms with Crippen LogP contribution < -0.4 is 20.5 Å². The second-order valence-electron chi connectivity index (χ2n) is 5.62. The number of hydrogen-bond donors (Lipinski definition) is 2. The lowest BCUT2D eigenvalue weighted by Gasteiger charge is -2.11. The number of anilines is 3. The van der Waals surface area contributed by atoms with Crippen LogP contribution in [0.15, 0.2) is 42.6 Å². The van der Waals surface area contributed by atoms with E-state index >= 15 is 0 Å². The van der Waals surface area contributed by atoms with Gasteiger partial charge in [0.05, 0.1) is 19.4 Å². The lowest BCUT2D eigenvalue weighted by molar-refractivity contribution is 0.0456. The highest BCUT2D eigenvalue weighted by Gasteiger charge is 2.16. The van der Waals surface area contributed by atoms with E-state index in [1.54, 1.807) is 38.3 Å². The summed E-state index contributed by atoms with van der Waals surface area (Å²) in [6.45, 7) is 1.97. The Morgan fingerprint density at radius 3 is 2.76 bits per heavy atom. The van der Waals surface area contributed by atoms with Crippen LogP contribution in [0.4, 0.5) is 17.6 Å². The first kappa shape index (κ1) is 19.8. The molecule has 10 heteroatoms. The van der Waals surface area contributed by atoms with Crippen molar-refractivity contribution in [3.63, 3.8) is 0 Å². The Labute approximate surface area is 167 Å². The van der Waals surface area contributed by atoms with Gasteiger partial charge in [-0.3, -0.25) is 0 Å². The molecule has 29 heavy (non-hydrogen) atoms.